The highest BCUT2D eigenvalue weighted by molar-refractivity contribution is 7.98. The summed E-state index contributed by atoms with van der Waals surface area (Å²) in [6.07, 6.45) is 7.22. The Kier molecular flexibility index (Phi) is 5.32. The smallest absolute Gasteiger partial charge is 0.137 e. The molecule has 0 radical (unpaired) electrons. The molecular formula is C17H21N5OS. The first-order chi connectivity index (χ1) is 11.7. The van der Waals surface area contributed by atoms with E-state index in [1.54, 1.807) is 30.2 Å². The summed E-state index contributed by atoms with van der Waals surface area (Å²) in [7, 11) is 0. The lowest BCUT2D eigenvalue weighted by Crippen LogP contribution is -2.29. The van der Waals surface area contributed by atoms with Gasteiger partial charge in [-0.05, 0) is 37.3 Å². The maximum absolute atomic E-state index is 8.59. The fraction of sp³-hybridized carbons (Fsp3) is 0.353. The van der Waals surface area contributed by atoms with E-state index in [0.717, 1.165) is 31.0 Å². The standard InChI is InChI=1S/C17H21N5OS/c1-24-12-2-6-20-14(10-12)16(19)15-13(18)3-7-21-17(15)22-11-4-8-23-9-5-11/h2-3,6-7,10-11,19H,4-5,8-9H2,1H3,(H3,18,21,22). The van der Waals surface area contributed by atoms with E-state index in [-0.39, 0.29) is 11.8 Å². The number of thioether (sulfide) groups is 1. The molecule has 0 aliphatic carbocycles. The van der Waals surface area contributed by atoms with Crippen LogP contribution in [0.25, 0.3) is 0 Å². The number of aromatic nitrogens is 2. The van der Waals surface area contributed by atoms with Gasteiger partial charge < -0.3 is 15.8 Å². The monoisotopic (exact) mass is 343 g/mol. The van der Waals surface area contributed by atoms with Gasteiger partial charge in [0.2, 0.25) is 0 Å². The zero-order valence-electron chi connectivity index (χ0n) is 13.6. The third-order valence-corrected chi connectivity index (χ3v) is 4.74. The summed E-state index contributed by atoms with van der Waals surface area (Å²) in [5, 5.41) is 12.0. The molecular weight excluding hydrogens is 322 g/mol. The Balaban J connectivity index is 1.92. The zero-order valence-corrected chi connectivity index (χ0v) is 14.4. The van der Waals surface area contributed by atoms with Crippen LogP contribution in [0.4, 0.5) is 11.5 Å². The molecule has 1 saturated heterocycles. The summed E-state index contributed by atoms with van der Waals surface area (Å²) >= 11 is 1.62. The van der Waals surface area contributed by atoms with Crippen LogP contribution in [0.2, 0.25) is 0 Å². The van der Waals surface area contributed by atoms with Gasteiger partial charge in [-0.15, -0.1) is 11.8 Å². The molecule has 1 aliphatic heterocycles. The molecule has 0 amide bonds. The molecule has 0 unspecified atom stereocenters. The minimum atomic E-state index is 0.282. The van der Waals surface area contributed by atoms with Gasteiger partial charge in [0.15, 0.2) is 0 Å². The number of pyridine rings is 2. The van der Waals surface area contributed by atoms with Crippen molar-refractivity contribution in [2.75, 3.05) is 30.5 Å². The second-order valence-corrected chi connectivity index (χ2v) is 6.49. The molecule has 3 rings (SSSR count). The third-order valence-electron chi connectivity index (χ3n) is 4.02. The molecule has 0 spiro atoms. The van der Waals surface area contributed by atoms with Crippen molar-refractivity contribution in [3.05, 3.63) is 41.9 Å². The molecule has 126 valence electrons. The minimum absolute atomic E-state index is 0.282. The van der Waals surface area contributed by atoms with E-state index >= 15 is 0 Å². The Labute approximate surface area is 145 Å². The van der Waals surface area contributed by atoms with Crippen LogP contribution in [0, 0.1) is 5.41 Å². The van der Waals surface area contributed by atoms with Gasteiger partial charge in [-0.25, -0.2) is 4.98 Å². The van der Waals surface area contributed by atoms with Gasteiger partial charge in [-0.1, -0.05) is 0 Å². The summed E-state index contributed by atoms with van der Waals surface area (Å²) < 4.78 is 5.39. The van der Waals surface area contributed by atoms with Crippen LogP contribution in [-0.2, 0) is 4.74 Å². The highest BCUT2D eigenvalue weighted by atomic mass is 32.2. The maximum Gasteiger partial charge on any atom is 0.137 e. The van der Waals surface area contributed by atoms with E-state index in [1.165, 1.54) is 0 Å². The number of hydrogen-bond donors (Lipinski definition) is 3. The van der Waals surface area contributed by atoms with Crippen LogP contribution >= 0.6 is 11.8 Å². The average Bonchev–Trinajstić information content (AvgIpc) is 2.62. The lowest BCUT2D eigenvalue weighted by atomic mass is 10.0. The van der Waals surface area contributed by atoms with Gasteiger partial charge in [0.25, 0.3) is 0 Å². The van der Waals surface area contributed by atoms with Gasteiger partial charge >= 0.3 is 0 Å². The molecule has 0 bridgehead atoms. The van der Waals surface area contributed by atoms with Crippen molar-refractivity contribution in [1.82, 2.24) is 9.97 Å². The van der Waals surface area contributed by atoms with Crippen molar-refractivity contribution in [1.29, 1.82) is 5.41 Å². The predicted octanol–water partition coefficient (Wildman–Crippen LogP) is 2.79. The lowest BCUT2D eigenvalue weighted by molar-refractivity contribution is 0.0904. The molecule has 4 N–H and O–H groups in total. The predicted molar refractivity (Wildman–Crippen MR) is 98.1 cm³/mol. The highest BCUT2D eigenvalue weighted by Crippen LogP contribution is 2.25. The Morgan fingerprint density at radius 2 is 2.04 bits per heavy atom. The summed E-state index contributed by atoms with van der Waals surface area (Å²) in [6, 6.07) is 5.83. The number of nitrogen functional groups attached to an aromatic ring is 1. The van der Waals surface area contributed by atoms with Gasteiger partial charge in [-0.2, -0.15) is 0 Å². The second kappa shape index (κ2) is 7.63. The van der Waals surface area contributed by atoms with Crippen LogP contribution in [-0.4, -0.2) is 41.2 Å². The van der Waals surface area contributed by atoms with Gasteiger partial charge in [-0.3, -0.25) is 10.4 Å². The van der Waals surface area contributed by atoms with Gasteiger partial charge in [0.05, 0.1) is 17.0 Å². The molecule has 24 heavy (non-hydrogen) atoms. The molecule has 3 heterocycles. The Bertz CT molecular complexity index is 731. The molecule has 0 atom stereocenters. The molecule has 0 aromatic carbocycles. The molecule has 1 fully saturated rings. The van der Waals surface area contributed by atoms with Gasteiger partial charge in [0.1, 0.15) is 5.82 Å². The molecule has 0 saturated carbocycles. The molecule has 2 aromatic rings. The van der Waals surface area contributed by atoms with E-state index < -0.39 is 0 Å². The third kappa shape index (κ3) is 3.68. The zero-order chi connectivity index (χ0) is 16.9. The number of anilines is 2. The SMILES string of the molecule is CSc1ccnc(C(=N)c2c(N)ccnc2NC2CCOCC2)c1. The summed E-state index contributed by atoms with van der Waals surface area (Å²) in [6.45, 7) is 1.48. The fourth-order valence-electron chi connectivity index (χ4n) is 2.69. The topological polar surface area (TPSA) is 96.9 Å². The average molecular weight is 343 g/mol. The van der Waals surface area contributed by atoms with Crippen LogP contribution in [0.5, 0.6) is 0 Å². The van der Waals surface area contributed by atoms with E-state index in [4.69, 9.17) is 15.9 Å². The summed E-state index contributed by atoms with van der Waals surface area (Å²) in [5.41, 5.74) is 8.17. The second-order valence-electron chi connectivity index (χ2n) is 5.61. The Morgan fingerprint density at radius 1 is 1.29 bits per heavy atom. The lowest BCUT2D eigenvalue weighted by Gasteiger charge is -2.25. The van der Waals surface area contributed by atoms with Crippen LogP contribution in [0.3, 0.4) is 0 Å². The fourth-order valence-corrected chi connectivity index (χ4v) is 3.11. The minimum Gasteiger partial charge on any atom is -0.398 e. The van der Waals surface area contributed by atoms with Crippen molar-refractivity contribution < 1.29 is 4.74 Å². The van der Waals surface area contributed by atoms with Crippen LogP contribution in [0.1, 0.15) is 24.1 Å². The molecule has 2 aromatic heterocycles. The number of nitrogens with zero attached hydrogens (tertiary/aromatic N) is 2. The number of hydrogen-bond acceptors (Lipinski definition) is 7. The maximum atomic E-state index is 8.59. The normalized spacial score (nSPS) is 15.2. The van der Waals surface area contributed by atoms with Crippen molar-refractivity contribution in [3.63, 3.8) is 0 Å². The first-order valence-corrected chi connectivity index (χ1v) is 9.09. The Hall–Kier alpha value is -2.12. The van der Waals surface area contributed by atoms with Crippen molar-refractivity contribution in [2.24, 2.45) is 0 Å². The highest BCUT2D eigenvalue weighted by Gasteiger charge is 2.20. The first-order valence-electron chi connectivity index (χ1n) is 7.87. The van der Waals surface area contributed by atoms with E-state index in [0.29, 0.717) is 22.8 Å². The van der Waals surface area contributed by atoms with Crippen molar-refractivity contribution in [3.8, 4) is 0 Å². The molecule has 7 heteroatoms. The van der Waals surface area contributed by atoms with Crippen LogP contribution in [0.15, 0.2) is 35.5 Å². The first kappa shape index (κ1) is 16.7. The quantitative estimate of drug-likeness (QED) is 0.570. The summed E-state index contributed by atoms with van der Waals surface area (Å²) in [5.74, 6) is 0.642. The number of rotatable bonds is 5. The van der Waals surface area contributed by atoms with Crippen molar-refractivity contribution >= 4 is 29.0 Å². The molecule has 6 nitrogen and oxygen atoms in total. The van der Waals surface area contributed by atoms with Crippen molar-refractivity contribution in [2.45, 2.75) is 23.8 Å². The number of ether oxygens (including phenoxy) is 1. The van der Waals surface area contributed by atoms with Gasteiger partial charge in [0, 0.05) is 42.2 Å². The van der Waals surface area contributed by atoms with E-state index in [1.807, 2.05) is 18.4 Å². The van der Waals surface area contributed by atoms with E-state index in [2.05, 4.69) is 15.3 Å². The largest absolute Gasteiger partial charge is 0.398 e. The summed E-state index contributed by atoms with van der Waals surface area (Å²) in [4.78, 5) is 9.80. The number of nitrogens with one attached hydrogen (secondary N) is 2. The van der Waals surface area contributed by atoms with Crippen LogP contribution < -0.4 is 11.1 Å². The Morgan fingerprint density at radius 3 is 2.79 bits per heavy atom. The number of nitrogens with two attached hydrogens (primary N) is 1. The molecule has 1 aliphatic rings. The van der Waals surface area contributed by atoms with E-state index in [9.17, 15) is 0 Å².